The highest BCUT2D eigenvalue weighted by atomic mass is 16.7. The molecular weight excluding hydrogens is 476 g/mol. The Morgan fingerprint density at radius 1 is 0.972 bits per heavy atom. The summed E-state index contributed by atoms with van der Waals surface area (Å²) in [6.07, 6.45) is -5.24. The van der Waals surface area contributed by atoms with Gasteiger partial charge in [0.2, 0.25) is 0 Å². The fourth-order valence-electron chi connectivity index (χ4n) is 4.72. The maximum Gasteiger partial charge on any atom is 0.186 e. The average molecular weight is 504 g/mol. The van der Waals surface area contributed by atoms with Gasteiger partial charge in [0.1, 0.15) is 30.7 Å². The molecule has 0 saturated carbocycles. The van der Waals surface area contributed by atoms with E-state index in [0.717, 1.165) is 0 Å². The molecule has 0 bridgehead atoms. The summed E-state index contributed by atoms with van der Waals surface area (Å²) in [5.41, 5.74) is 1.89. The molecule has 2 unspecified atom stereocenters. The molecule has 1 heterocycles. The molecule has 0 amide bonds. The Hall–Kier alpha value is -3.19. The number of ether oxygens (including phenoxy) is 3. The highest BCUT2D eigenvalue weighted by molar-refractivity contribution is 5.86. The molecule has 2 aliphatic rings. The van der Waals surface area contributed by atoms with Crippen LogP contribution in [0, 0.1) is 5.92 Å². The lowest BCUT2D eigenvalue weighted by Gasteiger charge is -2.41. The smallest absolute Gasteiger partial charge is 0.186 e. The van der Waals surface area contributed by atoms with E-state index < -0.39 is 49.1 Å². The third-order valence-electron chi connectivity index (χ3n) is 6.66. The van der Waals surface area contributed by atoms with Crippen LogP contribution in [-0.2, 0) is 14.3 Å². The normalized spacial score (nSPS) is 29.8. The van der Waals surface area contributed by atoms with Crippen LogP contribution in [-0.4, -0.2) is 93.1 Å². The standard InChI is InChI=1S/C25H28O11/c1-34-19-6-11(2-3-16(19)28)21-14-7-18(30)17(29)5-12(14)4-13(8-26)15(21)10-35-25-24(33)23(32)22(31)20(9-27)36-25/h2-8,15,20-25,27-33H,9-10H2,1H3/t15-,20+,21-,22?,23-,24?,25+/m0/s1. The van der Waals surface area contributed by atoms with E-state index in [1.807, 2.05) is 0 Å². The van der Waals surface area contributed by atoms with E-state index in [0.29, 0.717) is 23.0 Å². The molecule has 0 spiro atoms. The minimum absolute atomic E-state index is 0.105. The number of aromatic hydroxyl groups is 3. The molecule has 4 rings (SSSR count). The lowest BCUT2D eigenvalue weighted by molar-refractivity contribution is -0.302. The first-order valence-electron chi connectivity index (χ1n) is 11.2. The van der Waals surface area contributed by atoms with Crippen molar-refractivity contribution in [1.82, 2.24) is 0 Å². The Kier molecular flexibility index (Phi) is 7.50. The van der Waals surface area contributed by atoms with Gasteiger partial charge in [-0.2, -0.15) is 0 Å². The number of fused-ring (bicyclic) bond motifs is 1. The number of aldehydes is 1. The van der Waals surface area contributed by atoms with Crippen molar-refractivity contribution in [2.75, 3.05) is 20.3 Å². The Bertz CT molecular complexity index is 1150. The van der Waals surface area contributed by atoms with Crippen LogP contribution < -0.4 is 4.74 Å². The average Bonchev–Trinajstić information content (AvgIpc) is 2.87. The number of phenols is 3. The van der Waals surface area contributed by atoms with Crippen LogP contribution in [0.1, 0.15) is 22.6 Å². The van der Waals surface area contributed by atoms with Crippen LogP contribution >= 0.6 is 0 Å². The molecule has 1 aliphatic carbocycles. The van der Waals surface area contributed by atoms with Gasteiger partial charge in [-0.15, -0.1) is 0 Å². The summed E-state index contributed by atoms with van der Waals surface area (Å²) < 4.78 is 16.4. The predicted molar refractivity (Wildman–Crippen MR) is 124 cm³/mol. The van der Waals surface area contributed by atoms with Crippen molar-refractivity contribution in [3.63, 3.8) is 0 Å². The minimum Gasteiger partial charge on any atom is -0.504 e. The molecule has 194 valence electrons. The zero-order chi connectivity index (χ0) is 26.1. The Morgan fingerprint density at radius 2 is 1.69 bits per heavy atom. The first-order chi connectivity index (χ1) is 17.2. The summed E-state index contributed by atoms with van der Waals surface area (Å²) >= 11 is 0. The van der Waals surface area contributed by atoms with Crippen molar-refractivity contribution in [3.8, 4) is 23.0 Å². The SMILES string of the molecule is COc1cc([C@H]2c3cc(O)c(O)cc3C=C(C=O)[C@@H]2CO[C@@H]2O[C@H](CO)C(O)[C@H](O)C2O)ccc1O. The van der Waals surface area contributed by atoms with E-state index in [2.05, 4.69) is 0 Å². The van der Waals surface area contributed by atoms with E-state index in [9.17, 15) is 40.5 Å². The molecule has 11 nitrogen and oxygen atoms in total. The molecule has 11 heteroatoms. The molecule has 2 aromatic rings. The van der Waals surface area contributed by atoms with Gasteiger partial charge in [-0.3, -0.25) is 4.79 Å². The molecule has 36 heavy (non-hydrogen) atoms. The Morgan fingerprint density at radius 3 is 2.36 bits per heavy atom. The molecule has 7 N–H and O–H groups in total. The second-order valence-electron chi connectivity index (χ2n) is 8.78. The zero-order valence-electron chi connectivity index (χ0n) is 19.3. The van der Waals surface area contributed by atoms with Crippen LogP contribution in [0.4, 0.5) is 0 Å². The zero-order valence-corrected chi connectivity index (χ0v) is 19.3. The number of carbonyl (C=O) groups excluding carboxylic acids is 1. The quantitative estimate of drug-likeness (QED) is 0.198. The number of aliphatic hydroxyl groups is 4. The molecule has 1 saturated heterocycles. The number of aliphatic hydroxyl groups excluding tert-OH is 4. The Balaban J connectivity index is 1.74. The first-order valence-corrected chi connectivity index (χ1v) is 11.2. The van der Waals surface area contributed by atoms with Crippen LogP contribution in [0.5, 0.6) is 23.0 Å². The summed E-state index contributed by atoms with van der Waals surface area (Å²) in [6.45, 7) is -0.845. The molecular formula is C25H28O11. The monoisotopic (exact) mass is 504 g/mol. The van der Waals surface area contributed by atoms with Crippen LogP contribution in [0.15, 0.2) is 35.9 Å². The highest BCUT2D eigenvalue weighted by Crippen LogP contribution is 2.47. The summed E-state index contributed by atoms with van der Waals surface area (Å²) in [5.74, 6) is -2.02. The van der Waals surface area contributed by atoms with E-state index in [4.69, 9.17) is 14.2 Å². The van der Waals surface area contributed by atoms with Gasteiger partial charge in [-0.05, 0) is 52.6 Å². The van der Waals surface area contributed by atoms with E-state index in [1.165, 1.54) is 31.4 Å². The fourth-order valence-corrected chi connectivity index (χ4v) is 4.72. The van der Waals surface area contributed by atoms with Gasteiger partial charge in [0, 0.05) is 11.8 Å². The lowest BCUT2D eigenvalue weighted by Crippen LogP contribution is -2.59. The number of carbonyl (C=O) groups is 1. The molecule has 2 aromatic carbocycles. The van der Waals surface area contributed by atoms with Crippen LogP contribution in [0.3, 0.4) is 0 Å². The van der Waals surface area contributed by atoms with Crippen molar-refractivity contribution in [2.24, 2.45) is 5.92 Å². The number of hydrogen-bond acceptors (Lipinski definition) is 11. The molecule has 0 aromatic heterocycles. The molecule has 1 fully saturated rings. The Labute approximate surface area is 206 Å². The number of benzene rings is 2. The van der Waals surface area contributed by atoms with Crippen LogP contribution in [0.25, 0.3) is 6.08 Å². The van der Waals surface area contributed by atoms with Crippen molar-refractivity contribution >= 4 is 12.4 Å². The molecule has 0 radical (unpaired) electrons. The first kappa shape index (κ1) is 25.9. The number of rotatable bonds is 7. The largest absolute Gasteiger partial charge is 0.504 e. The van der Waals surface area contributed by atoms with E-state index >= 15 is 0 Å². The van der Waals surface area contributed by atoms with Gasteiger partial charge in [0.15, 0.2) is 29.3 Å². The van der Waals surface area contributed by atoms with Gasteiger partial charge in [-0.25, -0.2) is 0 Å². The van der Waals surface area contributed by atoms with Crippen LogP contribution in [0.2, 0.25) is 0 Å². The molecule has 1 aliphatic heterocycles. The van der Waals surface area contributed by atoms with Crippen molar-refractivity contribution in [2.45, 2.75) is 36.6 Å². The van der Waals surface area contributed by atoms with Gasteiger partial charge >= 0.3 is 0 Å². The second-order valence-corrected chi connectivity index (χ2v) is 8.78. The third-order valence-corrected chi connectivity index (χ3v) is 6.66. The third kappa shape index (κ3) is 4.64. The van der Waals surface area contributed by atoms with E-state index in [1.54, 1.807) is 12.1 Å². The minimum atomic E-state index is -1.63. The second kappa shape index (κ2) is 10.4. The van der Waals surface area contributed by atoms with Crippen molar-refractivity contribution in [3.05, 3.63) is 52.6 Å². The summed E-state index contributed by atoms with van der Waals surface area (Å²) in [5, 5.41) is 70.2. The topological polar surface area (TPSA) is 186 Å². The van der Waals surface area contributed by atoms with Gasteiger partial charge in [0.05, 0.1) is 20.3 Å². The summed E-state index contributed by atoms with van der Waals surface area (Å²) in [7, 11) is 1.38. The predicted octanol–water partition coefficient (Wildman–Crippen LogP) is -0.0275. The lowest BCUT2D eigenvalue weighted by atomic mass is 9.72. The van der Waals surface area contributed by atoms with Crippen molar-refractivity contribution < 1.29 is 54.8 Å². The van der Waals surface area contributed by atoms with E-state index in [-0.39, 0.29) is 35.2 Å². The van der Waals surface area contributed by atoms with Crippen molar-refractivity contribution in [1.29, 1.82) is 0 Å². The maximum absolute atomic E-state index is 12.1. The molecule has 7 atom stereocenters. The number of phenolic OH excluding ortho intramolecular Hbond substituents is 3. The highest BCUT2D eigenvalue weighted by Gasteiger charge is 2.45. The number of hydrogen-bond donors (Lipinski definition) is 7. The van der Waals surface area contributed by atoms with Gasteiger partial charge in [0.25, 0.3) is 0 Å². The summed E-state index contributed by atoms with van der Waals surface area (Å²) in [4.78, 5) is 12.1. The van der Waals surface area contributed by atoms with Gasteiger partial charge in [-0.1, -0.05) is 6.07 Å². The number of methoxy groups -OCH3 is 1. The summed E-state index contributed by atoms with van der Waals surface area (Å²) in [6, 6.07) is 7.30. The fraction of sp³-hybridized carbons (Fsp3) is 0.400. The maximum atomic E-state index is 12.1. The van der Waals surface area contributed by atoms with Gasteiger partial charge < -0.3 is 50.0 Å².